The van der Waals surface area contributed by atoms with Crippen molar-refractivity contribution >= 4 is 5.78 Å². The molecule has 0 heterocycles. The van der Waals surface area contributed by atoms with Gasteiger partial charge in [0, 0.05) is 6.42 Å². The molecule has 0 saturated heterocycles. The Morgan fingerprint density at radius 2 is 2.27 bits per heavy atom. The standard InChI is InChI=1S/C10H14O/c1-10(2)6-5-9(11)7-3-4-8(7)10/h3,8H,4-6H2,1-2H3. The zero-order valence-electron chi connectivity index (χ0n) is 7.18. The van der Waals surface area contributed by atoms with E-state index in [4.69, 9.17) is 0 Å². The summed E-state index contributed by atoms with van der Waals surface area (Å²) in [7, 11) is 0. The molecule has 0 amide bonds. The molecule has 0 aromatic rings. The number of Topliss-reactive ketones (excluding diaryl/α,β-unsaturated/α-hetero) is 1. The number of allylic oxidation sites excluding steroid dienone is 2. The van der Waals surface area contributed by atoms with E-state index in [1.807, 2.05) is 0 Å². The van der Waals surface area contributed by atoms with Gasteiger partial charge in [-0.05, 0) is 29.7 Å². The van der Waals surface area contributed by atoms with E-state index in [9.17, 15) is 4.79 Å². The summed E-state index contributed by atoms with van der Waals surface area (Å²) >= 11 is 0. The van der Waals surface area contributed by atoms with Crippen LogP contribution in [0.1, 0.15) is 33.1 Å². The minimum atomic E-state index is 0.387. The number of fused-ring (bicyclic) bond motifs is 1. The minimum absolute atomic E-state index is 0.387. The molecule has 0 bridgehead atoms. The summed E-state index contributed by atoms with van der Waals surface area (Å²) in [4.78, 5) is 11.3. The van der Waals surface area contributed by atoms with Crippen molar-refractivity contribution in [1.29, 1.82) is 0 Å². The summed E-state index contributed by atoms with van der Waals surface area (Å²) in [5.41, 5.74) is 1.51. The van der Waals surface area contributed by atoms with Gasteiger partial charge in [0.05, 0.1) is 0 Å². The Bertz CT molecular complexity index is 235. The van der Waals surface area contributed by atoms with E-state index in [1.54, 1.807) is 0 Å². The lowest BCUT2D eigenvalue weighted by molar-refractivity contribution is -0.119. The van der Waals surface area contributed by atoms with Gasteiger partial charge in [0.1, 0.15) is 0 Å². The molecule has 0 spiro atoms. The number of carbonyl (C=O) groups is 1. The molecule has 2 aliphatic rings. The molecule has 1 atom stereocenters. The predicted molar refractivity (Wildman–Crippen MR) is 44.2 cm³/mol. The number of hydrogen-bond acceptors (Lipinski definition) is 1. The molecule has 11 heavy (non-hydrogen) atoms. The maximum absolute atomic E-state index is 11.3. The van der Waals surface area contributed by atoms with E-state index in [1.165, 1.54) is 0 Å². The Morgan fingerprint density at radius 3 is 2.73 bits per heavy atom. The van der Waals surface area contributed by atoms with Crippen LogP contribution in [-0.4, -0.2) is 5.78 Å². The molecule has 60 valence electrons. The van der Waals surface area contributed by atoms with Crippen molar-refractivity contribution < 1.29 is 4.79 Å². The fraction of sp³-hybridized carbons (Fsp3) is 0.700. The van der Waals surface area contributed by atoms with Crippen LogP contribution >= 0.6 is 0 Å². The highest BCUT2D eigenvalue weighted by Gasteiger charge is 2.42. The Labute approximate surface area is 67.5 Å². The summed E-state index contributed by atoms with van der Waals surface area (Å²) in [6, 6.07) is 0. The predicted octanol–water partition coefficient (Wildman–Crippen LogP) is 2.32. The van der Waals surface area contributed by atoms with Crippen LogP contribution in [0.25, 0.3) is 0 Å². The number of hydrogen-bond donors (Lipinski definition) is 0. The highest BCUT2D eigenvalue weighted by Crippen LogP contribution is 2.48. The molecular formula is C10H14O. The molecular weight excluding hydrogens is 136 g/mol. The summed E-state index contributed by atoms with van der Waals surface area (Å²) in [5, 5.41) is 0. The summed E-state index contributed by atoms with van der Waals surface area (Å²) in [6.45, 7) is 4.55. The highest BCUT2D eigenvalue weighted by molar-refractivity contribution is 5.98. The maximum Gasteiger partial charge on any atom is 0.158 e. The molecule has 0 aromatic carbocycles. The third-order valence-corrected chi connectivity index (χ3v) is 3.21. The minimum Gasteiger partial charge on any atom is -0.295 e. The normalized spacial score (nSPS) is 33.8. The number of carbonyl (C=O) groups excluding carboxylic acids is 1. The van der Waals surface area contributed by atoms with Gasteiger partial charge >= 0.3 is 0 Å². The molecule has 2 rings (SSSR count). The van der Waals surface area contributed by atoms with Gasteiger partial charge in [0.15, 0.2) is 5.78 Å². The summed E-state index contributed by atoms with van der Waals surface area (Å²) < 4.78 is 0. The first-order chi connectivity index (χ1) is 5.11. The van der Waals surface area contributed by atoms with Crippen molar-refractivity contribution in [1.82, 2.24) is 0 Å². The Morgan fingerprint density at radius 1 is 1.55 bits per heavy atom. The second kappa shape index (κ2) is 1.96. The fourth-order valence-corrected chi connectivity index (χ4v) is 2.16. The fourth-order valence-electron chi connectivity index (χ4n) is 2.16. The highest BCUT2D eigenvalue weighted by atomic mass is 16.1. The number of rotatable bonds is 0. The Hall–Kier alpha value is -0.590. The topological polar surface area (TPSA) is 17.1 Å². The van der Waals surface area contributed by atoms with Crippen LogP contribution in [0.5, 0.6) is 0 Å². The van der Waals surface area contributed by atoms with E-state index in [-0.39, 0.29) is 0 Å². The van der Waals surface area contributed by atoms with Crippen molar-refractivity contribution in [3.63, 3.8) is 0 Å². The van der Waals surface area contributed by atoms with E-state index in [0.717, 1.165) is 24.8 Å². The zero-order chi connectivity index (χ0) is 8.06. The van der Waals surface area contributed by atoms with Gasteiger partial charge in [-0.2, -0.15) is 0 Å². The largest absolute Gasteiger partial charge is 0.295 e. The monoisotopic (exact) mass is 150 g/mol. The van der Waals surface area contributed by atoms with E-state index in [2.05, 4.69) is 19.9 Å². The lowest BCUT2D eigenvalue weighted by Crippen LogP contribution is -2.38. The van der Waals surface area contributed by atoms with Gasteiger partial charge in [-0.1, -0.05) is 19.9 Å². The van der Waals surface area contributed by atoms with Crippen molar-refractivity contribution in [2.45, 2.75) is 33.1 Å². The van der Waals surface area contributed by atoms with E-state index >= 15 is 0 Å². The first-order valence-electron chi connectivity index (χ1n) is 4.34. The first kappa shape index (κ1) is 7.08. The van der Waals surface area contributed by atoms with Gasteiger partial charge in [-0.25, -0.2) is 0 Å². The second-order valence-corrected chi connectivity index (χ2v) is 4.36. The third kappa shape index (κ3) is 0.867. The molecule has 0 N–H and O–H groups in total. The Balaban J connectivity index is 2.28. The van der Waals surface area contributed by atoms with E-state index < -0.39 is 0 Å². The van der Waals surface area contributed by atoms with Crippen molar-refractivity contribution in [2.75, 3.05) is 0 Å². The number of ketones is 1. The molecule has 2 aliphatic carbocycles. The van der Waals surface area contributed by atoms with Crippen LogP contribution in [0.3, 0.4) is 0 Å². The Kier molecular flexibility index (Phi) is 1.26. The van der Waals surface area contributed by atoms with Crippen LogP contribution < -0.4 is 0 Å². The molecule has 1 heteroatoms. The van der Waals surface area contributed by atoms with Gasteiger partial charge < -0.3 is 0 Å². The maximum atomic E-state index is 11.3. The molecule has 1 nitrogen and oxygen atoms in total. The van der Waals surface area contributed by atoms with Gasteiger partial charge in [-0.15, -0.1) is 0 Å². The van der Waals surface area contributed by atoms with Gasteiger partial charge in [0.2, 0.25) is 0 Å². The van der Waals surface area contributed by atoms with Crippen LogP contribution in [0, 0.1) is 11.3 Å². The third-order valence-electron chi connectivity index (χ3n) is 3.21. The van der Waals surface area contributed by atoms with Crippen molar-refractivity contribution in [3.05, 3.63) is 11.6 Å². The quantitative estimate of drug-likeness (QED) is 0.518. The van der Waals surface area contributed by atoms with Crippen molar-refractivity contribution in [2.24, 2.45) is 11.3 Å². The zero-order valence-corrected chi connectivity index (χ0v) is 7.18. The van der Waals surface area contributed by atoms with Crippen LogP contribution in [0.4, 0.5) is 0 Å². The average molecular weight is 150 g/mol. The molecule has 0 aliphatic heterocycles. The molecule has 0 aromatic heterocycles. The van der Waals surface area contributed by atoms with Gasteiger partial charge in [-0.3, -0.25) is 4.79 Å². The molecule has 0 radical (unpaired) electrons. The summed E-state index contributed by atoms with van der Waals surface area (Å²) in [6.07, 6.45) is 5.09. The smallest absolute Gasteiger partial charge is 0.158 e. The summed E-state index contributed by atoms with van der Waals surface area (Å²) in [5.74, 6) is 0.990. The average Bonchev–Trinajstić information content (AvgIpc) is 1.77. The molecule has 1 unspecified atom stereocenters. The van der Waals surface area contributed by atoms with Crippen LogP contribution in [0.15, 0.2) is 11.6 Å². The van der Waals surface area contributed by atoms with Crippen LogP contribution in [0.2, 0.25) is 0 Å². The molecule has 1 fully saturated rings. The van der Waals surface area contributed by atoms with E-state index in [0.29, 0.717) is 17.1 Å². The molecule has 1 saturated carbocycles. The second-order valence-electron chi connectivity index (χ2n) is 4.36. The lowest BCUT2D eigenvalue weighted by Gasteiger charge is -2.44. The van der Waals surface area contributed by atoms with Crippen molar-refractivity contribution in [3.8, 4) is 0 Å². The van der Waals surface area contributed by atoms with Gasteiger partial charge in [0.25, 0.3) is 0 Å². The lowest BCUT2D eigenvalue weighted by atomic mass is 9.60. The van der Waals surface area contributed by atoms with Crippen LogP contribution in [-0.2, 0) is 4.79 Å². The SMILES string of the molecule is CC1(C)CCC(=O)C2=CCC21. The first-order valence-corrected chi connectivity index (χ1v) is 4.34.